The van der Waals surface area contributed by atoms with E-state index in [4.69, 9.17) is 16.3 Å². The summed E-state index contributed by atoms with van der Waals surface area (Å²) in [5.74, 6) is -2.85. The molecule has 2 heterocycles. The molecular formula is C13H11ClF2N2O. The molecule has 0 saturated heterocycles. The second-order valence-corrected chi connectivity index (χ2v) is 4.97. The molecule has 1 aliphatic carbocycles. The van der Waals surface area contributed by atoms with Crippen molar-refractivity contribution in [1.29, 1.82) is 0 Å². The Morgan fingerprint density at radius 2 is 2.32 bits per heavy atom. The molecule has 1 saturated carbocycles. The number of pyridine rings is 1. The average molecular weight is 285 g/mol. The molecule has 6 heteroatoms. The number of alkyl halides is 2. The van der Waals surface area contributed by atoms with E-state index in [0.29, 0.717) is 16.5 Å². The highest BCUT2D eigenvalue weighted by atomic mass is 35.5. The molecule has 1 fully saturated rings. The summed E-state index contributed by atoms with van der Waals surface area (Å²) >= 11 is 6.10. The highest BCUT2D eigenvalue weighted by Crippen LogP contribution is 2.48. The lowest BCUT2D eigenvalue weighted by Gasteiger charge is -2.07. The van der Waals surface area contributed by atoms with Crippen LogP contribution in [0.4, 0.5) is 8.78 Å². The maximum absolute atomic E-state index is 12.7. The normalized spacial score (nSPS) is 20.3. The monoisotopic (exact) mass is 284 g/mol. The zero-order valence-corrected chi connectivity index (χ0v) is 10.6. The van der Waals surface area contributed by atoms with E-state index in [-0.39, 0.29) is 13.0 Å². The smallest absolute Gasteiger partial charge is 0.255 e. The molecule has 19 heavy (non-hydrogen) atoms. The first kappa shape index (κ1) is 12.4. The summed E-state index contributed by atoms with van der Waals surface area (Å²) in [7, 11) is 0. The van der Waals surface area contributed by atoms with Crippen LogP contribution in [0.5, 0.6) is 5.75 Å². The summed E-state index contributed by atoms with van der Waals surface area (Å²) in [6, 6.07) is 5.28. The fourth-order valence-corrected chi connectivity index (χ4v) is 2.08. The van der Waals surface area contributed by atoms with E-state index in [1.807, 2.05) is 12.1 Å². The number of rotatable bonds is 4. The van der Waals surface area contributed by atoms with Gasteiger partial charge in [0.25, 0.3) is 5.92 Å². The van der Waals surface area contributed by atoms with Crippen molar-refractivity contribution in [2.75, 3.05) is 6.61 Å². The summed E-state index contributed by atoms with van der Waals surface area (Å²) in [6.45, 7) is -0.00709. The van der Waals surface area contributed by atoms with Crippen molar-refractivity contribution in [1.82, 2.24) is 9.97 Å². The third kappa shape index (κ3) is 2.56. The Hall–Kier alpha value is -1.62. The first-order chi connectivity index (χ1) is 9.06. The SMILES string of the molecule is FC1(F)C[C@@H]1COc1cnc(-c2ccc[nH]2)c(Cl)c1. The lowest BCUT2D eigenvalue weighted by Crippen LogP contribution is -2.05. The zero-order valence-electron chi connectivity index (χ0n) is 9.87. The van der Waals surface area contributed by atoms with Crippen molar-refractivity contribution in [3.05, 3.63) is 35.6 Å². The van der Waals surface area contributed by atoms with E-state index >= 15 is 0 Å². The minimum absolute atomic E-state index is 0.00709. The second-order valence-electron chi connectivity index (χ2n) is 4.56. The van der Waals surface area contributed by atoms with Crippen molar-refractivity contribution >= 4 is 11.6 Å². The van der Waals surface area contributed by atoms with E-state index in [1.54, 1.807) is 12.3 Å². The summed E-state index contributed by atoms with van der Waals surface area (Å²) in [5, 5.41) is 0.419. The van der Waals surface area contributed by atoms with Gasteiger partial charge in [-0.1, -0.05) is 11.6 Å². The third-order valence-electron chi connectivity index (χ3n) is 3.08. The van der Waals surface area contributed by atoms with Crippen LogP contribution in [0.15, 0.2) is 30.6 Å². The molecule has 0 spiro atoms. The van der Waals surface area contributed by atoms with Gasteiger partial charge in [-0.05, 0) is 12.1 Å². The highest BCUT2D eigenvalue weighted by molar-refractivity contribution is 6.33. The van der Waals surface area contributed by atoms with Crippen LogP contribution in [0, 0.1) is 5.92 Å². The molecule has 2 aromatic heterocycles. The quantitative estimate of drug-likeness (QED) is 0.928. The van der Waals surface area contributed by atoms with Crippen LogP contribution in [-0.2, 0) is 0 Å². The van der Waals surface area contributed by atoms with E-state index in [0.717, 1.165) is 5.69 Å². The van der Waals surface area contributed by atoms with Crippen LogP contribution >= 0.6 is 11.6 Å². The topological polar surface area (TPSA) is 37.9 Å². The maximum atomic E-state index is 12.7. The summed E-state index contributed by atoms with van der Waals surface area (Å²) < 4.78 is 30.7. The Morgan fingerprint density at radius 1 is 1.53 bits per heavy atom. The van der Waals surface area contributed by atoms with E-state index < -0.39 is 11.8 Å². The Bertz CT molecular complexity index is 586. The van der Waals surface area contributed by atoms with E-state index in [2.05, 4.69) is 9.97 Å². The predicted molar refractivity (Wildman–Crippen MR) is 67.6 cm³/mol. The standard InChI is InChI=1S/C13H11ClF2N2O/c14-10-4-9(19-7-8-5-13(8,15)16)6-18-12(10)11-2-1-3-17-11/h1-4,6,8,17H,5,7H2/t8-/m1/s1. The van der Waals surface area contributed by atoms with Gasteiger partial charge < -0.3 is 9.72 Å². The summed E-state index contributed by atoms with van der Waals surface area (Å²) in [4.78, 5) is 7.18. The van der Waals surface area contributed by atoms with Gasteiger partial charge in [-0.3, -0.25) is 0 Å². The number of hydrogen-bond acceptors (Lipinski definition) is 2. The molecule has 2 aromatic rings. The first-order valence-corrected chi connectivity index (χ1v) is 6.24. The average Bonchev–Trinajstić information content (AvgIpc) is 2.80. The fourth-order valence-electron chi connectivity index (χ4n) is 1.82. The molecule has 0 bridgehead atoms. The third-order valence-corrected chi connectivity index (χ3v) is 3.36. The lowest BCUT2D eigenvalue weighted by molar-refractivity contribution is 0.0855. The lowest BCUT2D eigenvalue weighted by atomic mass is 10.2. The van der Waals surface area contributed by atoms with Crippen molar-refractivity contribution in [3.8, 4) is 17.1 Å². The fraction of sp³-hybridized carbons (Fsp3) is 0.308. The van der Waals surface area contributed by atoms with Gasteiger partial charge in [0, 0.05) is 18.7 Å². The minimum Gasteiger partial charge on any atom is -0.491 e. The molecular weight excluding hydrogens is 274 g/mol. The Kier molecular flexibility index (Phi) is 2.93. The Labute approximate surface area is 113 Å². The molecule has 3 rings (SSSR count). The van der Waals surface area contributed by atoms with Crippen LogP contribution in [0.3, 0.4) is 0 Å². The number of hydrogen-bond donors (Lipinski definition) is 1. The molecule has 0 radical (unpaired) electrons. The number of nitrogens with zero attached hydrogens (tertiary/aromatic N) is 1. The summed E-state index contributed by atoms with van der Waals surface area (Å²) in [5.41, 5.74) is 1.40. The minimum atomic E-state index is -2.57. The van der Waals surface area contributed by atoms with Gasteiger partial charge in [-0.15, -0.1) is 0 Å². The molecule has 3 nitrogen and oxygen atoms in total. The van der Waals surface area contributed by atoms with Crippen molar-refractivity contribution in [2.24, 2.45) is 5.92 Å². The molecule has 0 aliphatic heterocycles. The first-order valence-electron chi connectivity index (χ1n) is 5.86. The maximum Gasteiger partial charge on any atom is 0.255 e. The van der Waals surface area contributed by atoms with Gasteiger partial charge in [0.05, 0.1) is 29.4 Å². The van der Waals surface area contributed by atoms with Gasteiger partial charge in [-0.25, -0.2) is 13.8 Å². The summed E-state index contributed by atoms with van der Waals surface area (Å²) in [6.07, 6.45) is 3.16. The molecule has 0 aromatic carbocycles. The van der Waals surface area contributed by atoms with Crippen molar-refractivity contribution in [3.63, 3.8) is 0 Å². The van der Waals surface area contributed by atoms with Crippen LogP contribution in [0.2, 0.25) is 5.02 Å². The van der Waals surface area contributed by atoms with Gasteiger partial charge >= 0.3 is 0 Å². The van der Waals surface area contributed by atoms with Crippen LogP contribution in [0.1, 0.15) is 6.42 Å². The van der Waals surface area contributed by atoms with Crippen LogP contribution in [-0.4, -0.2) is 22.5 Å². The van der Waals surface area contributed by atoms with Crippen molar-refractivity contribution < 1.29 is 13.5 Å². The number of aromatic nitrogens is 2. The van der Waals surface area contributed by atoms with Crippen LogP contribution < -0.4 is 4.74 Å². The molecule has 0 unspecified atom stereocenters. The Morgan fingerprint density at radius 3 is 2.89 bits per heavy atom. The molecule has 0 amide bonds. The van der Waals surface area contributed by atoms with Gasteiger partial charge in [0.1, 0.15) is 11.4 Å². The van der Waals surface area contributed by atoms with Gasteiger partial charge in [-0.2, -0.15) is 0 Å². The van der Waals surface area contributed by atoms with Crippen LogP contribution in [0.25, 0.3) is 11.4 Å². The van der Waals surface area contributed by atoms with Crippen molar-refractivity contribution in [2.45, 2.75) is 12.3 Å². The predicted octanol–water partition coefficient (Wildman–Crippen LogP) is 3.76. The number of nitrogens with one attached hydrogen (secondary N) is 1. The van der Waals surface area contributed by atoms with E-state index in [1.165, 1.54) is 6.20 Å². The Balaban J connectivity index is 1.70. The van der Waals surface area contributed by atoms with E-state index in [9.17, 15) is 8.78 Å². The zero-order chi connectivity index (χ0) is 13.5. The second kappa shape index (κ2) is 4.49. The highest BCUT2D eigenvalue weighted by Gasteiger charge is 2.57. The largest absolute Gasteiger partial charge is 0.491 e. The number of halogens is 3. The molecule has 1 N–H and O–H groups in total. The number of ether oxygens (including phenoxy) is 1. The molecule has 1 aliphatic rings. The number of aromatic amines is 1. The number of H-pyrrole nitrogens is 1. The molecule has 100 valence electrons. The van der Waals surface area contributed by atoms with Gasteiger partial charge in [0.2, 0.25) is 0 Å². The van der Waals surface area contributed by atoms with Gasteiger partial charge in [0.15, 0.2) is 0 Å². The molecule has 1 atom stereocenters.